The second kappa shape index (κ2) is 6.97. The first-order chi connectivity index (χ1) is 8.34. The van der Waals surface area contributed by atoms with Crippen molar-refractivity contribution >= 4 is 5.91 Å². The second-order valence-electron chi connectivity index (χ2n) is 5.24. The van der Waals surface area contributed by atoms with E-state index >= 15 is 0 Å². The third-order valence-electron chi connectivity index (χ3n) is 3.79. The summed E-state index contributed by atoms with van der Waals surface area (Å²) in [6, 6.07) is 0.399. The Balaban J connectivity index is 1.61. The molecule has 0 aromatic heterocycles. The molecule has 4 heteroatoms. The van der Waals surface area contributed by atoms with Gasteiger partial charge in [-0.1, -0.05) is 0 Å². The van der Waals surface area contributed by atoms with E-state index in [-0.39, 0.29) is 5.91 Å². The quantitative estimate of drug-likeness (QED) is 0.760. The largest absolute Gasteiger partial charge is 0.353 e. The van der Waals surface area contributed by atoms with E-state index in [0.29, 0.717) is 12.5 Å². The molecule has 4 nitrogen and oxygen atoms in total. The molecule has 0 spiro atoms. The minimum atomic E-state index is 0.240. The van der Waals surface area contributed by atoms with Gasteiger partial charge in [-0.15, -0.1) is 0 Å². The van der Waals surface area contributed by atoms with Crippen molar-refractivity contribution in [1.29, 1.82) is 0 Å². The van der Waals surface area contributed by atoms with Gasteiger partial charge in [0, 0.05) is 19.0 Å². The fraction of sp³-hybridized carbons (Fsp3) is 0.923. The van der Waals surface area contributed by atoms with Crippen LogP contribution in [0.4, 0.5) is 0 Å². The predicted octanol–water partition coefficient (Wildman–Crippen LogP) is 0.731. The van der Waals surface area contributed by atoms with Crippen molar-refractivity contribution in [2.75, 3.05) is 32.7 Å². The lowest BCUT2D eigenvalue weighted by Gasteiger charge is -2.18. The molecular formula is C13H25N3O. The Kier molecular flexibility index (Phi) is 5.26. The maximum atomic E-state index is 11.8. The predicted molar refractivity (Wildman–Crippen MR) is 68.9 cm³/mol. The lowest BCUT2D eigenvalue weighted by molar-refractivity contribution is -0.122. The summed E-state index contributed by atoms with van der Waals surface area (Å²) in [4.78, 5) is 14.2. The number of amides is 1. The number of carbonyl (C=O) groups excluding carboxylic acids is 1. The number of nitrogens with one attached hydrogen (secondary N) is 2. The lowest BCUT2D eigenvalue weighted by atomic mass is 10.1. The Labute approximate surface area is 104 Å². The highest BCUT2D eigenvalue weighted by atomic mass is 16.1. The second-order valence-corrected chi connectivity index (χ2v) is 5.24. The number of hydrogen-bond donors (Lipinski definition) is 2. The third-order valence-corrected chi connectivity index (χ3v) is 3.79. The lowest BCUT2D eigenvalue weighted by Crippen LogP contribution is -2.37. The van der Waals surface area contributed by atoms with Crippen LogP contribution in [-0.4, -0.2) is 49.6 Å². The summed E-state index contributed by atoms with van der Waals surface area (Å²) in [6.45, 7) is 5.44. The molecule has 0 aromatic carbocycles. The summed E-state index contributed by atoms with van der Waals surface area (Å²) in [5.41, 5.74) is 0. The Hall–Kier alpha value is -0.610. The molecule has 0 aliphatic carbocycles. The van der Waals surface area contributed by atoms with Crippen molar-refractivity contribution in [1.82, 2.24) is 15.5 Å². The van der Waals surface area contributed by atoms with E-state index < -0.39 is 0 Å². The molecule has 2 aliphatic heterocycles. The van der Waals surface area contributed by atoms with Gasteiger partial charge in [-0.05, 0) is 58.3 Å². The number of hydrogen-bond acceptors (Lipinski definition) is 3. The Morgan fingerprint density at radius 1 is 1.18 bits per heavy atom. The first-order valence-electron chi connectivity index (χ1n) is 7.07. The van der Waals surface area contributed by atoms with Crippen molar-refractivity contribution in [3.8, 4) is 0 Å². The molecule has 1 unspecified atom stereocenters. The molecule has 2 N–H and O–H groups in total. The van der Waals surface area contributed by atoms with E-state index in [1.807, 2.05) is 0 Å². The summed E-state index contributed by atoms with van der Waals surface area (Å²) in [5.74, 6) is 0.240. The number of carbonyl (C=O) groups is 1. The minimum Gasteiger partial charge on any atom is -0.353 e. The maximum Gasteiger partial charge on any atom is 0.221 e. The first kappa shape index (κ1) is 12.8. The molecule has 0 bridgehead atoms. The molecule has 2 fully saturated rings. The van der Waals surface area contributed by atoms with E-state index in [9.17, 15) is 4.79 Å². The van der Waals surface area contributed by atoms with E-state index in [1.165, 1.54) is 32.4 Å². The molecule has 0 radical (unpaired) electrons. The van der Waals surface area contributed by atoms with Gasteiger partial charge in [-0.3, -0.25) is 4.79 Å². The number of likely N-dealkylation sites (tertiary alicyclic amines) is 1. The smallest absolute Gasteiger partial charge is 0.221 e. The summed E-state index contributed by atoms with van der Waals surface area (Å²) in [5, 5.41) is 6.54. The van der Waals surface area contributed by atoms with Crippen molar-refractivity contribution in [3.05, 3.63) is 0 Å². The van der Waals surface area contributed by atoms with Crippen molar-refractivity contribution in [2.24, 2.45) is 0 Å². The topological polar surface area (TPSA) is 44.4 Å². The van der Waals surface area contributed by atoms with E-state index in [4.69, 9.17) is 0 Å². The summed E-state index contributed by atoms with van der Waals surface area (Å²) in [6.07, 6.45) is 6.66. The van der Waals surface area contributed by atoms with Crippen LogP contribution in [0.25, 0.3) is 0 Å². The molecule has 17 heavy (non-hydrogen) atoms. The van der Waals surface area contributed by atoms with Crippen LogP contribution in [0.15, 0.2) is 0 Å². The molecule has 2 aliphatic rings. The van der Waals surface area contributed by atoms with Crippen LogP contribution in [0, 0.1) is 0 Å². The maximum absolute atomic E-state index is 11.8. The summed E-state index contributed by atoms with van der Waals surface area (Å²) >= 11 is 0. The fourth-order valence-electron chi connectivity index (χ4n) is 2.73. The molecule has 1 amide bonds. The Morgan fingerprint density at radius 3 is 2.82 bits per heavy atom. The van der Waals surface area contributed by atoms with Crippen molar-refractivity contribution in [2.45, 2.75) is 44.6 Å². The number of rotatable bonds is 4. The SMILES string of the molecule is O=C(CCN1CCCC1)NC1CCCNCC1. The van der Waals surface area contributed by atoms with Crippen LogP contribution in [0.5, 0.6) is 0 Å². The zero-order valence-corrected chi connectivity index (χ0v) is 10.7. The highest BCUT2D eigenvalue weighted by Crippen LogP contribution is 2.08. The molecule has 2 heterocycles. The standard InChI is InChI=1S/C13H25N3O/c17-13(6-11-16-9-1-2-10-16)15-12-4-3-7-14-8-5-12/h12,14H,1-11H2,(H,15,17). The van der Waals surface area contributed by atoms with Crippen molar-refractivity contribution in [3.63, 3.8) is 0 Å². The van der Waals surface area contributed by atoms with Crippen molar-refractivity contribution < 1.29 is 4.79 Å². The molecular weight excluding hydrogens is 214 g/mol. The third kappa shape index (κ3) is 4.64. The van der Waals surface area contributed by atoms with Crippen LogP contribution in [0.1, 0.15) is 38.5 Å². The normalized spacial score (nSPS) is 26.7. The van der Waals surface area contributed by atoms with Crippen LogP contribution >= 0.6 is 0 Å². The summed E-state index contributed by atoms with van der Waals surface area (Å²) in [7, 11) is 0. The van der Waals surface area contributed by atoms with Gasteiger partial charge in [0.2, 0.25) is 5.91 Å². The van der Waals surface area contributed by atoms with Gasteiger partial charge in [0.25, 0.3) is 0 Å². The van der Waals surface area contributed by atoms with Gasteiger partial charge in [0.15, 0.2) is 0 Å². The van der Waals surface area contributed by atoms with Gasteiger partial charge < -0.3 is 15.5 Å². The van der Waals surface area contributed by atoms with Crippen LogP contribution in [0.3, 0.4) is 0 Å². The highest BCUT2D eigenvalue weighted by molar-refractivity contribution is 5.76. The van der Waals surface area contributed by atoms with Gasteiger partial charge in [0.1, 0.15) is 0 Å². The zero-order chi connectivity index (χ0) is 11.9. The van der Waals surface area contributed by atoms with Gasteiger partial charge >= 0.3 is 0 Å². The van der Waals surface area contributed by atoms with Crippen LogP contribution in [-0.2, 0) is 4.79 Å². The first-order valence-corrected chi connectivity index (χ1v) is 7.07. The Morgan fingerprint density at radius 2 is 2.00 bits per heavy atom. The molecule has 0 aromatic rings. The fourth-order valence-corrected chi connectivity index (χ4v) is 2.73. The molecule has 98 valence electrons. The van der Waals surface area contributed by atoms with E-state index in [2.05, 4.69) is 15.5 Å². The minimum absolute atomic E-state index is 0.240. The van der Waals surface area contributed by atoms with Gasteiger partial charge in [-0.25, -0.2) is 0 Å². The molecule has 2 rings (SSSR count). The Bertz CT molecular complexity index is 231. The highest BCUT2D eigenvalue weighted by Gasteiger charge is 2.16. The number of nitrogens with zero attached hydrogens (tertiary/aromatic N) is 1. The summed E-state index contributed by atoms with van der Waals surface area (Å²) < 4.78 is 0. The average Bonchev–Trinajstić information content (AvgIpc) is 2.72. The molecule has 0 saturated carbocycles. The zero-order valence-electron chi connectivity index (χ0n) is 10.7. The average molecular weight is 239 g/mol. The van der Waals surface area contributed by atoms with Crippen LogP contribution in [0.2, 0.25) is 0 Å². The molecule has 2 saturated heterocycles. The van der Waals surface area contributed by atoms with Gasteiger partial charge in [0.05, 0.1) is 0 Å². The van der Waals surface area contributed by atoms with E-state index in [0.717, 1.165) is 32.5 Å². The van der Waals surface area contributed by atoms with E-state index in [1.54, 1.807) is 0 Å². The van der Waals surface area contributed by atoms with Crippen LogP contribution < -0.4 is 10.6 Å². The van der Waals surface area contributed by atoms with Gasteiger partial charge in [-0.2, -0.15) is 0 Å². The molecule has 1 atom stereocenters. The monoisotopic (exact) mass is 239 g/mol.